The van der Waals surface area contributed by atoms with Crippen molar-refractivity contribution in [3.8, 4) is 16.9 Å². The number of hydrogen-bond donors (Lipinski definition) is 0. The lowest BCUT2D eigenvalue weighted by Gasteiger charge is -2.09. The Morgan fingerprint density at radius 2 is 1.88 bits per heavy atom. The van der Waals surface area contributed by atoms with Gasteiger partial charge < -0.3 is 4.74 Å². The maximum Gasteiger partial charge on any atom is 0.127 e. The first-order valence-corrected chi connectivity index (χ1v) is 5.13. The van der Waals surface area contributed by atoms with E-state index in [0.717, 1.165) is 11.1 Å². The lowest BCUT2D eigenvalue weighted by atomic mass is 10.0. The fourth-order valence-electron chi connectivity index (χ4n) is 1.65. The summed E-state index contributed by atoms with van der Waals surface area (Å²) < 4.78 is 5.30. The zero-order valence-corrected chi connectivity index (χ0v) is 9.37. The Balaban J connectivity index is 2.52. The van der Waals surface area contributed by atoms with Crippen molar-refractivity contribution in [3.05, 3.63) is 59.0 Å². The van der Waals surface area contributed by atoms with Crippen molar-refractivity contribution < 1.29 is 4.74 Å². The van der Waals surface area contributed by atoms with E-state index in [-0.39, 0.29) is 0 Å². The number of ether oxygens (including phenoxy) is 1. The molecule has 0 aromatic heterocycles. The first kappa shape index (κ1) is 11.0. The highest BCUT2D eigenvalue weighted by atomic mass is 16.5. The van der Waals surface area contributed by atoms with E-state index in [2.05, 4.69) is 10.0 Å². The van der Waals surface area contributed by atoms with Crippen LogP contribution < -0.4 is 4.74 Å². The predicted molar refractivity (Wildman–Crippen MR) is 67.2 cm³/mol. The van der Waals surface area contributed by atoms with Crippen LogP contribution in [0.2, 0.25) is 0 Å². The van der Waals surface area contributed by atoms with Crippen LogP contribution in [0, 0.1) is 0 Å². The average Bonchev–Trinajstić information content (AvgIpc) is 2.40. The van der Waals surface area contributed by atoms with Gasteiger partial charge in [0.1, 0.15) is 5.75 Å². The van der Waals surface area contributed by atoms with Crippen LogP contribution in [0.3, 0.4) is 0 Å². The maximum atomic E-state index is 8.39. The molecule has 17 heavy (non-hydrogen) atoms. The molecule has 0 amide bonds. The molecule has 0 aliphatic rings. The highest BCUT2D eigenvalue weighted by Crippen LogP contribution is 2.33. The molecule has 0 radical (unpaired) electrons. The molecule has 4 heteroatoms. The smallest absolute Gasteiger partial charge is 0.127 e. The fourth-order valence-corrected chi connectivity index (χ4v) is 1.65. The Morgan fingerprint density at radius 3 is 2.53 bits per heavy atom. The third-order valence-corrected chi connectivity index (χ3v) is 2.43. The van der Waals surface area contributed by atoms with E-state index in [1.807, 2.05) is 36.4 Å². The summed E-state index contributed by atoms with van der Waals surface area (Å²) in [5.74, 6) is 0.695. The van der Waals surface area contributed by atoms with E-state index < -0.39 is 0 Å². The largest absolute Gasteiger partial charge is 0.496 e. The van der Waals surface area contributed by atoms with Crippen LogP contribution in [0.5, 0.6) is 5.75 Å². The molecule has 2 aromatic rings. The van der Waals surface area contributed by atoms with Gasteiger partial charge in [0, 0.05) is 16.2 Å². The molecule has 0 saturated carbocycles. The highest BCUT2D eigenvalue weighted by Gasteiger charge is 2.05. The highest BCUT2D eigenvalue weighted by molar-refractivity contribution is 5.72. The van der Waals surface area contributed by atoms with Crippen LogP contribution in [0.15, 0.2) is 53.6 Å². The number of benzene rings is 2. The van der Waals surface area contributed by atoms with Gasteiger partial charge in [-0.3, -0.25) is 0 Å². The van der Waals surface area contributed by atoms with E-state index in [4.69, 9.17) is 10.3 Å². The van der Waals surface area contributed by atoms with Gasteiger partial charge in [-0.1, -0.05) is 47.6 Å². The maximum absolute atomic E-state index is 8.39. The molecule has 84 valence electrons. The van der Waals surface area contributed by atoms with Crippen LogP contribution in [0.1, 0.15) is 0 Å². The first-order valence-electron chi connectivity index (χ1n) is 5.13. The van der Waals surface area contributed by atoms with Crippen molar-refractivity contribution in [2.24, 2.45) is 5.11 Å². The molecule has 0 bridgehead atoms. The molecule has 0 unspecified atom stereocenters. The van der Waals surface area contributed by atoms with Gasteiger partial charge in [0.25, 0.3) is 0 Å². The topological polar surface area (TPSA) is 58.0 Å². The summed E-state index contributed by atoms with van der Waals surface area (Å²) in [6.45, 7) is 0. The molecule has 0 atom stereocenters. The second-order valence-corrected chi connectivity index (χ2v) is 3.44. The summed E-state index contributed by atoms with van der Waals surface area (Å²) in [5, 5.41) is 3.55. The molecule has 0 saturated heterocycles. The average molecular weight is 225 g/mol. The molecule has 0 spiro atoms. The van der Waals surface area contributed by atoms with Crippen LogP contribution in [0.25, 0.3) is 21.6 Å². The van der Waals surface area contributed by atoms with Gasteiger partial charge in [-0.2, -0.15) is 0 Å². The minimum Gasteiger partial charge on any atom is -0.496 e. The van der Waals surface area contributed by atoms with Crippen molar-refractivity contribution in [2.75, 3.05) is 7.11 Å². The van der Waals surface area contributed by atoms with Crippen LogP contribution in [0.4, 0.5) is 5.69 Å². The summed E-state index contributed by atoms with van der Waals surface area (Å²) in [5.41, 5.74) is 11.0. The molecule has 2 rings (SSSR count). The summed E-state index contributed by atoms with van der Waals surface area (Å²) >= 11 is 0. The second kappa shape index (κ2) is 5.05. The molecular weight excluding hydrogens is 214 g/mol. The zero-order chi connectivity index (χ0) is 12.1. The molecule has 0 heterocycles. The molecule has 0 fully saturated rings. The lowest BCUT2D eigenvalue weighted by molar-refractivity contribution is 0.416. The quantitative estimate of drug-likeness (QED) is 0.436. The Bertz CT molecular complexity index is 560. The monoisotopic (exact) mass is 225 g/mol. The number of nitrogens with zero attached hydrogens (tertiary/aromatic N) is 3. The van der Waals surface area contributed by atoms with Crippen molar-refractivity contribution in [3.63, 3.8) is 0 Å². The van der Waals surface area contributed by atoms with Crippen LogP contribution in [-0.4, -0.2) is 7.11 Å². The van der Waals surface area contributed by atoms with E-state index in [1.54, 1.807) is 19.2 Å². The Kier molecular flexibility index (Phi) is 3.28. The third-order valence-electron chi connectivity index (χ3n) is 2.43. The Hall–Kier alpha value is -2.45. The summed E-state index contributed by atoms with van der Waals surface area (Å²) in [7, 11) is 1.60. The third kappa shape index (κ3) is 2.38. The molecule has 0 aliphatic heterocycles. The standard InChI is InChI=1S/C13H11N3O/c1-17-13-9-11(15-16-14)7-8-12(13)10-5-3-2-4-6-10/h2-9H,1H3. The minimum absolute atomic E-state index is 0.545. The number of hydrogen-bond acceptors (Lipinski definition) is 2. The summed E-state index contributed by atoms with van der Waals surface area (Å²) in [6.07, 6.45) is 0. The van der Waals surface area contributed by atoms with Gasteiger partial charge in [0.05, 0.1) is 7.11 Å². The van der Waals surface area contributed by atoms with Crippen molar-refractivity contribution in [1.82, 2.24) is 0 Å². The van der Waals surface area contributed by atoms with Crippen molar-refractivity contribution >= 4 is 5.69 Å². The molecule has 2 aromatic carbocycles. The minimum atomic E-state index is 0.545. The number of azide groups is 1. The number of rotatable bonds is 3. The van der Waals surface area contributed by atoms with E-state index in [0.29, 0.717) is 11.4 Å². The SMILES string of the molecule is COc1cc(N=[N+]=[N-])ccc1-c1ccccc1. The first-order chi connectivity index (χ1) is 8.35. The fraction of sp³-hybridized carbons (Fsp3) is 0.0769. The van der Waals surface area contributed by atoms with Crippen molar-refractivity contribution in [2.45, 2.75) is 0 Å². The van der Waals surface area contributed by atoms with Crippen LogP contribution in [-0.2, 0) is 0 Å². The number of methoxy groups -OCH3 is 1. The molecule has 4 nitrogen and oxygen atoms in total. The second-order valence-electron chi connectivity index (χ2n) is 3.44. The van der Waals surface area contributed by atoms with Gasteiger partial charge in [0.2, 0.25) is 0 Å². The van der Waals surface area contributed by atoms with Crippen LogP contribution >= 0.6 is 0 Å². The van der Waals surface area contributed by atoms with Gasteiger partial charge in [-0.25, -0.2) is 0 Å². The normalized spacial score (nSPS) is 9.47. The van der Waals surface area contributed by atoms with Gasteiger partial charge in [-0.05, 0) is 17.2 Å². The summed E-state index contributed by atoms with van der Waals surface area (Å²) in [6, 6.07) is 15.3. The van der Waals surface area contributed by atoms with Crippen molar-refractivity contribution in [1.29, 1.82) is 0 Å². The van der Waals surface area contributed by atoms with E-state index in [1.165, 1.54) is 0 Å². The zero-order valence-electron chi connectivity index (χ0n) is 9.37. The Labute approximate surface area is 99.1 Å². The van der Waals surface area contributed by atoms with Gasteiger partial charge in [0.15, 0.2) is 0 Å². The lowest BCUT2D eigenvalue weighted by Crippen LogP contribution is -1.87. The molecular formula is C13H11N3O. The van der Waals surface area contributed by atoms with Gasteiger partial charge in [-0.15, -0.1) is 0 Å². The molecule has 0 N–H and O–H groups in total. The Morgan fingerprint density at radius 1 is 1.12 bits per heavy atom. The van der Waals surface area contributed by atoms with E-state index >= 15 is 0 Å². The summed E-state index contributed by atoms with van der Waals surface area (Å²) in [4.78, 5) is 2.75. The predicted octanol–water partition coefficient (Wildman–Crippen LogP) is 4.30. The van der Waals surface area contributed by atoms with E-state index in [9.17, 15) is 0 Å². The van der Waals surface area contributed by atoms with Gasteiger partial charge >= 0.3 is 0 Å². The molecule has 0 aliphatic carbocycles.